The van der Waals surface area contributed by atoms with E-state index in [-0.39, 0.29) is 40.6 Å². The summed E-state index contributed by atoms with van der Waals surface area (Å²) in [7, 11) is 0. The number of aromatic hydroxyl groups is 1. The molecule has 0 bridgehead atoms. The summed E-state index contributed by atoms with van der Waals surface area (Å²) in [5.41, 5.74) is 0.608. The van der Waals surface area contributed by atoms with E-state index in [0.29, 0.717) is 0 Å². The fourth-order valence-electron chi connectivity index (χ4n) is 4.59. The fourth-order valence-corrected chi connectivity index (χ4v) is 4.59. The Kier molecular flexibility index (Phi) is 6.14. The molecule has 0 saturated carbocycles. The van der Waals surface area contributed by atoms with Crippen LogP contribution < -0.4 is 15.1 Å². The Balaban J connectivity index is 1.89. The topological polar surface area (TPSA) is 64.1 Å². The maximum atomic E-state index is 14.0. The predicted molar refractivity (Wildman–Crippen MR) is 118 cm³/mol. The molecular weight excluding hydrogens is 435 g/mol. The number of hydrogen-bond donors (Lipinski definition) is 2. The summed E-state index contributed by atoms with van der Waals surface area (Å²) < 4.78 is 52.8. The van der Waals surface area contributed by atoms with Gasteiger partial charge < -0.3 is 19.2 Å². The Bertz CT molecular complexity index is 1230. The molecule has 8 heteroatoms. The first kappa shape index (κ1) is 23.2. The number of ether oxygens (including phenoxy) is 1. The summed E-state index contributed by atoms with van der Waals surface area (Å²) in [4.78, 5) is 14.4. The fraction of sp³-hybridized carbons (Fsp3) is 0.400. The third-order valence-electron chi connectivity index (χ3n) is 6.26. The summed E-state index contributed by atoms with van der Waals surface area (Å²) >= 11 is 0. The van der Waals surface area contributed by atoms with Gasteiger partial charge in [0.25, 0.3) is 5.76 Å². The van der Waals surface area contributed by atoms with Crippen LogP contribution in [0.2, 0.25) is 0 Å². The molecule has 5 nitrogen and oxygen atoms in total. The van der Waals surface area contributed by atoms with Crippen LogP contribution in [0.15, 0.2) is 39.5 Å². The number of rotatable bonds is 4. The van der Waals surface area contributed by atoms with Crippen molar-refractivity contribution in [3.63, 3.8) is 0 Å². The molecule has 4 rings (SSSR count). The average Bonchev–Trinajstić information content (AvgIpc) is 2.71. The van der Waals surface area contributed by atoms with Gasteiger partial charge in [0.15, 0.2) is 5.58 Å². The van der Waals surface area contributed by atoms with Gasteiger partial charge in [-0.25, -0.2) is 0 Å². The minimum atomic E-state index is -4.96. The van der Waals surface area contributed by atoms with Crippen molar-refractivity contribution in [2.75, 3.05) is 6.54 Å². The molecule has 1 aromatic heterocycles. The highest BCUT2D eigenvalue weighted by molar-refractivity contribution is 5.83. The van der Waals surface area contributed by atoms with Gasteiger partial charge in [-0.05, 0) is 75.4 Å². The predicted octanol–water partition coefficient (Wildman–Crippen LogP) is 4.88. The Morgan fingerprint density at radius 1 is 1.15 bits per heavy atom. The lowest BCUT2D eigenvalue weighted by Crippen LogP contribution is -3.14. The summed E-state index contributed by atoms with van der Waals surface area (Å²) in [5.74, 6) is -2.48. The zero-order valence-electron chi connectivity index (χ0n) is 18.8. The van der Waals surface area contributed by atoms with Crippen molar-refractivity contribution < 1.29 is 32.3 Å². The molecule has 2 heterocycles. The van der Waals surface area contributed by atoms with Gasteiger partial charge >= 0.3 is 6.18 Å². The molecule has 1 saturated heterocycles. The van der Waals surface area contributed by atoms with E-state index in [0.717, 1.165) is 41.8 Å². The second-order valence-electron chi connectivity index (χ2n) is 8.93. The van der Waals surface area contributed by atoms with E-state index in [9.17, 15) is 23.1 Å². The lowest BCUT2D eigenvalue weighted by Gasteiger charge is -2.30. The van der Waals surface area contributed by atoms with Gasteiger partial charge in [0.2, 0.25) is 11.2 Å². The highest BCUT2D eigenvalue weighted by Crippen LogP contribution is 2.40. The molecule has 2 aromatic carbocycles. The van der Waals surface area contributed by atoms with Crippen molar-refractivity contribution in [3.05, 3.63) is 63.0 Å². The van der Waals surface area contributed by atoms with Crippen molar-refractivity contribution >= 4 is 11.0 Å². The van der Waals surface area contributed by atoms with Crippen LogP contribution in [0.3, 0.4) is 0 Å². The van der Waals surface area contributed by atoms with E-state index < -0.39 is 23.1 Å². The average molecular weight is 462 g/mol. The van der Waals surface area contributed by atoms with Crippen molar-refractivity contribution in [1.82, 2.24) is 0 Å². The Morgan fingerprint density at radius 2 is 1.85 bits per heavy atom. The molecule has 0 spiro atoms. The number of benzene rings is 2. The monoisotopic (exact) mass is 462 g/mol. The number of fused-ring (bicyclic) bond motifs is 1. The highest BCUT2D eigenvalue weighted by Gasteiger charge is 2.41. The number of phenolic OH excluding ortho intramolecular Hbond substituents is 1. The maximum Gasteiger partial charge on any atom is 0.453 e. The third kappa shape index (κ3) is 4.71. The molecule has 2 N–H and O–H groups in total. The lowest BCUT2D eigenvalue weighted by molar-refractivity contribution is -0.941. The first-order chi connectivity index (χ1) is 15.5. The minimum absolute atomic E-state index is 0.0563. The summed E-state index contributed by atoms with van der Waals surface area (Å²) in [6, 6.07) is 7.86. The quantitative estimate of drug-likeness (QED) is 0.580. The molecule has 1 fully saturated rings. The van der Waals surface area contributed by atoms with Crippen LogP contribution in [0.5, 0.6) is 17.2 Å². The van der Waals surface area contributed by atoms with Crippen LogP contribution in [0.25, 0.3) is 11.0 Å². The Morgan fingerprint density at radius 3 is 2.48 bits per heavy atom. The first-order valence-electron chi connectivity index (χ1n) is 11.0. The Labute approximate surface area is 189 Å². The van der Waals surface area contributed by atoms with E-state index in [2.05, 4.69) is 6.92 Å². The SMILES string of the molecule is Cc1cc(C)cc(Oc2c(C(F)(F)F)oc3c(C[NH+]4CCCC[C@H]4C)c(O)ccc3c2=O)c1. The first-order valence-corrected chi connectivity index (χ1v) is 11.0. The molecule has 1 aliphatic rings. The number of alkyl halides is 3. The molecule has 1 aliphatic heterocycles. The normalized spacial score (nSPS) is 19.1. The molecule has 0 radical (unpaired) electrons. The second kappa shape index (κ2) is 8.74. The van der Waals surface area contributed by atoms with E-state index in [1.54, 1.807) is 26.0 Å². The number of hydrogen-bond acceptors (Lipinski definition) is 4. The number of nitrogens with one attached hydrogen (secondary N) is 1. The number of piperidine rings is 1. The zero-order valence-corrected chi connectivity index (χ0v) is 18.8. The summed E-state index contributed by atoms with van der Waals surface area (Å²) in [6.07, 6.45) is -1.88. The van der Waals surface area contributed by atoms with Crippen molar-refractivity contribution in [2.24, 2.45) is 0 Å². The van der Waals surface area contributed by atoms with Crippen LogP contribution >= 0.6 is 0 Å². The van der Waals surface area contributed by atoms with E-state index in [1.807, 2.05) is 6.07 Å². The van der Waals surface area contributed by atoms with Crippen LogP contribution in [0.4, 0.5) is 13.2 Å². The smallest absolute Gasteiger partial charge is 0.453 e. The van der Waals surface area contributed by atoms with Gasteiger partial charge in [-0.3, -0.25) is 4.79 Å². The van der Waals surface area contributed by atoms with Gasteiger partial charge in [0.1, 0.15) is 18.0 Å². The van der Waals surface area contributed by atoms with E-state index >= 15 is 0 Å². The zero-order chi connectivity index (χ0) is 23.9. The molecule has 3 aromatic rings. The Hall–Kier alpha value is -3.00. The molecule has 33 heavy (non-hydrogen) atoms. The molecule has 0 aliphatic carbocycles. The van der Waals surface area contributed by atoms with Crippen molar-refractivity contribution in [3.8, 4) is 17.2 Å². The van der Waals surface area contributed by atoms with Gasteiger partial charge in [-0.2, -0.15) is 13.2 Å². The van der Waals surface area contributed by atoms with Crippen molar-refractivity contribution in [1.29, 1.82) is 0 Å². The van der Waals surface area contributed by atoms with E-state index in [4.69, 9.17) is 9.15 Å². The second-order valence-corrected chi connectivity index (χ2v) is 8.93. The van der Waals surface area contributed by atoms with Crippen LogP contribution in [0.1, 0.15) is 48.6 Å². The minimum Gasteiger partial charge on any atom is -0.507 e. The van der Waals surface area contributed by atoms with Gasteiger partial charge in [0.05, 0.1) is 23.5 Å². The van der Waals surface area contributed by atoms with Crippen molar-refractivity contribution in [2.45, 2.75) is 58.8 Å². The van der Waals surface area contributed by atoms with E-state index in [1.165, 1.54) is 12.1 Å². The number of quaternary nitrogens is 1. The largest absolute Gasteiger partial charge is 0.507 e. The number of likely N-dealkylation sites (tertiary alicyclic amines) is 1. The number of aryl methyl sites for hydroxylation is 2. The van der Waals surface area contributed by atoms with Gasteiger partial charge in [0, 0.05) is 0 Å². The summed E-state index contributed by atoms with van der Waals surface area (Å²) in [5, 5.41) is 10.4. The number of halogens is 3. The van der Waals surface area contributed by atoms with Crippen LogP contribution in [-0.2, 0) is 12.7 Å². The molecule has 1 unspecified atom stereocenters. The number of phenols is 1. The highest BCUT2D eigenvalue weighted by atomic mass is 19.4. The molecule has 176 valence electrons. The van der Waals surface area contributed by atoms with Crippen LogP contribution in [-0.4, -0.2) is 17.7 Å². The molecule has 2 atom stereocenters. The molecule has 0 amide bonds. The summed E-state index contributed by atoms with van der Waals surface area (Å²) in [6.45, 7) is 6.74. The van der Waals surface area contributed by atoms with Crippen LogP contribution in [0, 0.1) is 13.8 Å². The van der Waals surface area contributed by atoms with Gasteiger partial charge in [-0.1, -0.05) is 6.07 Å². The molecular formula is C25H27F3NO4+. The maximum absolute atomic E-state index is 14.0. The standard InChI is InChI=1S/C25H26F3NO4/c1-14-10-15(2)12-17(11-14)32-23-21(31)18-7-8-20(30)19(13-29-9-5-4-6-16(29)3)22(18)33-24(23)25(26,27)28/h7-8,10-12,16,30H,4-6,9,13H2,1-3H3/p+1/t16-/m1/s1. The van der Waals surface area contributed by atoms with Gasteiger partial charge in [-0.15, -0.1) is 0 Å². The third-order valence-corrected chi connectivity index (χ3v) is 6.26. The lowest BCUT2D eigenvalue weighted by atomic mass is 10.0.